The van der Waals surface area contributed by atoms with Crippen molar-refractivity contribution < 1.29 is 18.7 Å². The molecule has 0 bridgehead atoms. The first-order valence-electron chi connectivity index (χ1n) is 13.6. The highest BCUT2D eigenvalue weighted by Gasteiger charge is 2.24. The third-order valence-electron chi connectivity index (χ3n) is 6.67. The molecule has 3 aromatic rings. The number of amides is 1. The van der Waals surface area contributed by atoms with E-state index in [1.165, 1.54) is 23.8 Å². The van der Waals surface area contributed by atoms with Gasteiger partial charge in [0.05, 0.1) is 12.1 Å². The van der Waals surface area contributed by atoms with Crippen molar-refractivity contribution >= 4 is 11.7 Å². The summed E-state index contributed by atoms with van der Waals surface area (Å²) in [5.41, 5.74) is 2.85. The average Bonchev–Trinajstić information content (AvgIpc) is 2.94. The molecule has 0 unspecified atom stereocenters. The van der Waals surface area contributed by atoms with Gasteiger partial charge in [0, 0.05) is 38.3 Å². The van der Waals surface area contributed by atoms with Gasteiger partial charge in [-0.15, -0.1) is 0 Å². The largest absolute Gasteiger partial charge is 0.390 e. The van der Waals surface area contributed by atoms with E-state index in [-0.39, 0.29) is 24.2 Å². The molecule has 3 rings (SSSR count). The van der Waals surface area contributed by atoms with Crippen LogP contribution in [0.5, 0.6) is 0 Å². The monoisotopic (exact) mass is 549 g/mol. The number of hydrogen-bond acceptors (Lipinski definition) is 6. The number of aliphatic hydroxyl groups excluding tert-OH is 1. The zero-order chi connectivity index (χ0) is 29.1. The number of nitriles is 1. The van der Waals surface area contributed by atoms with E-state index in [1.807, 2.05) is 36.2 Å². The molecule has 0 saturated heterocycles. The Morgan fingerprint density at radius 2 is 1.80 bits per heavy atom. The van der Waals surface area contributed by atoms with Crippen LogP contribution in [-0.4, -0.2) is 48.3 Å². The molecule has 1 aromatic heterocycles. The van der Waals surface area contributed by atoms with Crippen molar-refractivity contribution in [2.45, 2.75) is 58.2 Å². The van der Waals surface area contributed by atoms with E-state index in [0.29, 0.717) is 24.5 Å². The van der Waals surface area contributed by atoms with Gasteiger partial charge in [-0.3, -0.25) is 4.79 Å². The summed E-state index contributed by atoms with van der Waals surface area (Å²) < 4.78 is 27.8. The zero-order valence-corrected chi connectivity index (χ0v) is 23.3. The van der Waals surface area contributed by atoms with E-state index in [1.54, 1.807) is 6.07 Å². The summed E-state index contributed by atoms with van der Waals surface area (Å²) in [6.07, 6.45) is 1.73. The highest BCUT2D eigenvalue weighted by Crippen LogP contribution is 2.17. The molecule has 0 spiro atoms. The molecule has 0 aliphatic carbocycles. The van der Waals surface area contributed by atoms with Gasteiger partial charge in [0.25, 0.3) is 5.91 Å². The average molecular weight is 550 g/mol. The normalized spacial score (nSPS) is 12.4. The number of rotatable bonds is 14. The highest BCUT2D eigenvalue weighted by molar-refractivity contribution is 5.95. The summed E-state index contributed by atoms with van der Waals surface area (Å²) in [4.78, 5) is 19.5. The van der Waals surface area contributed by atoms with E-state index in [4.69, 9.17) is 0 Å². The molecule has 40 heavy (non-hydrogen) atoms. The zero-order valence-electron chi connectivity index (χ0n) is 23.3. The number of hydrogen-bond donors (Lipinski definition) is 3. The van der Waals surface area contributed by atoms with Gasteiger partial charge < -0.3 is 20.6 Å². The third-order valence-corrected chi connectivity index (χ3v) is 6.67. The number of carbonyl (C=O) groups is 1. The number of pyridine rings is 1. The van der Waals surface area contributed by atoms with Crippen molar-refractivity contribution in [3.8, 4) is 6.07 Å². The Balaban J connectivity index is 1.79. The number of carbonyl (C=O) groups excluding carboxylic acids is 1. The Kier molecular flexibility index (Phi) is 11.5. The summed E-state index contributed by atoms with van der Waals surface area (Å²) in [6, 6.07) is 15.3. The minimum Gasteiger partial charge on any atom is -0.390 e. The van der Waals surface area contributed by atoms with Crippen LogP contribution < -0.4 is 15.5 Å². The van der Waals surface area contributed by atoms with E-state index in [2.05, 4.69) is 35.5 Å². The van der Waals surface area contributed by atoms with Gasteiger partial charge in [-0.25, -0.2) is 13.8 Å². The first-order chi connectivity index (χ1) is 19.2. The van der Waals surface area contributed by atoms with Gasteiger partial charge in [-0.1, -0.05) is 44.5 Å². The lowest BCUT2D eigenvalue weighted by molar-refractivity contribution is 0.0829. The van der Waals surface area contributed by atoms with Crippen molar-refractivity contribution in [2.75, 3.05) is 25.0 Å². The Labute approximate surface area is 234 Å². The van der Waals surface area contributed by atoms with Gasteiger partial charge in [-0.2, -0.15) is 5.26 Å². The fourth-order valence-corrected chi connectivity index (χ4v) is 4.39. The summed E-state index contributed by atoms with van der Waals surface area (Å²) in [7, 11) is 1.84. The Morgan fingerprint density at radius 1 is 1.07 bits per heavy atom. The SMILES string of the molecule is CCCCN(C)c1cc(C(=O)N[C@@H](Cc2cc(F)cc(F)c2)[C@@H](O)CNCc2cccc(CC)c2)cc(C#N)n1. The predicted octanol–water partition coefficient (Wildman–Crippen LogP) is 4.52. The molecule has 9 heteroatoms. The molecule has 3 N–H and O–H groups in total. The number of halogens is 2. The third kappa shape index (κ3) is 9.11. The highest BCUT2D eigenvalue weighted by atomic mass is 19.1. The van der Waals surface area contributed by atoms with Crippen LogP contribution in [0.1, 0.15) is 59.4 Å². The second-order valence-electron chi connectivity index (χ2n) is 9.92. The summed E-state index contributed by atoms with van der Waals surface area (Å²) >= 11 is 0. The van der Waals surface area contributed by atoms with E-state index in [9.17, 15) is 23.9 Å². The second-order valence-corrected chi connectivity index (χ2v) is 9.92. The van der Waals surface area contributed by atoms with Crippen LogP contribution in [0.2, 0.25) is 0 Å². The Bertz CT molecular complexity index is 1310. The number of nitrogens with zero attached hydrogens (tertiary/aromatic N) is 3. The van der Waals surface area contributed by atoms with Crippen LogP contribution in [0.15, 0.2) is 54.6 Å². The Hall–Kier alpha value is -3.87. The minimum absolute atomic E-state index is 0.00592. The number of aryl methyl sites for hydroxylation is 1. The van der Waals surface area contributed by atoms with Crippen LogP contribution in [-0.2, 0) is 19.4 Å². The van der Waals surface area contributed by atoms with Crippen LogP contribution in [0.25, 0.3) is 0 Å². The molecule has 0 radical (unpaired) electrons. The number of aliphatic hydroxyl groups is 1. The number of aromatic nitrogens is 1. The van der Waals surface area contributed by atoms with Gasteiger partial charge in [0.1, 0.15) is 29.2 Å². The summed E-state index contributed by atoms with van der Waals surface area (Å²) in [5.74, 6) is -1.52. The molecule has 0 fully saturated rings. The van der Waals surface area contributed by atoms with Crippen LogP contribution in [0.4, 0.5) is 14.6 Å². The molecule has 0 saturated carbocycles. The van der Waals surface area contributed by atoms with Crippen LogP contribution >= 0.6 is 0 Å². The van der Waals surface area contributed by atoms with Gasteiger partial charge in [-0.05, 0) is 60.2 Å². The van der Waals surface area contributed by atoms with Crippen molar-refractivity contribution in [1.29, 1.82) is 5.26 Å². The number of unbranched alkanes of at least 4 members (excludes halogenated alkanes) is 1. The second kappa shape index (κ2) is 15.1. The lowest BCUT2D eigenvalue weighted by atomic mass is 10.00. The lowest BCUT2D eigenvalue weighted by Crippen LogP contribution is -2.48. The molecule has 2 atom stereocenters. The molecule has 7 nitrogen and oxygen atoms in total. The maximum atomic E-state index is 13.9. The standard InChI is InChI=1S/C31H37F2N5O2/c1-4-6-10-38(3)30-16-24(15-27(18-34)36-30)31(40)37-28(14-23-12-25(32)17-26(33)13-23)29(39)20-35-19-22-9-7-8-21(5-2)11-22/h7-9,11-13,15-17,28-29,35,39H,4-6,10,14,19-20H2,1-3H3,(H,37,40)/t28-,29-/m0/s1. The van der Waals surface area contributed by atoms with Crippen molar-refractivity contribution in [3.05, 3.63) is 94.2 Å². The molecular formula is C31H37F2N5O2. The number of nitrogens with one attached hydrogen (secondary N) is 2. The molecule has 0 aliphatic rings. The summed E-state index contributed by atoms with van der Waals surface area (Å²) in [5, 5.41) is 26.6. The molecule has 2 aromatic carbocycles. The summed E-state index contributed by atoms with van der Waals surface area (Å²) in [6.45, 7) is 5.48. The fourth-order valence-electron chi connectivity index (χ4n) is 4.39. The van der Waals surface area contributed by atoms with Crippen molar-refractivity contribution in [3.63, 3.8) is 0 Å². The van der Waals surface area contributed by atoms with Crippen molar-refractivity contribution in [1.82, 2.24) is 15.6 Å². The molecular weight excluding hydrogens is 512 g/mol. The van der Waals surface area contributed by atoms with Crippen molar-refractivity contribution in [2.24, 2.45) is 0 Å². The topological polar surface area (TPSA) is 101 Å². The first-order valence-corrected chi connectivity index (χ1v) is 13.6. The maximum absolute atomic E-state index is 13.9. The fraction of sp³-hybridized carbons (Fsp3) is 0.387. The molecule has 1 amide bonds. The molecule has 212 valence electrons. The Morgan fingerprint density at radius 3 is 2.48 bits per heavy atom. The maximum Gasteiger partial charge on any atom is 0.251 e. The van der Waals surface area contributed by atoms with E-state index < -0.39 is 29.7 Å². The smallest absolute Gasteiger partial charge is 0.251 e. The quantitative estimate of drug-likeness (QED) is 0.273. The van der Waals surface area contributed by atoms with E-state index in [0.717, 1.165) is 30.9 Å². The van der Waals surface area contributed by atoms with Gasteiger partial charge in [0.15, 0.2) is 0 Å². The number of anilines is 1. The van der Waals surface area contributed by atoms with Gasteiger partial charge in [0.2, 0.25) is 0 Å². The van der Waals surface area contributed by atoms with Crippen LogP contribution in [0.3, 0.4) is 0 Å². The molecule has 0 aliphatic heterocycles. The molecule has 1 heterocycles. The minimum atomic E-state index is -1.08. The predicted molar refractivity (Wildman–Crippen MR) is 152 cm³/mol. The van der Waals surface area contributed by atoms with Gasteiger partial charge >= 0.3 is 0 Å². The number of benzene rings is 2. The van der Waals surface area contributed by atoms with E-state index >= 15 is 0 Å². The first kappa shape index (κ1) is 30.7. The van der Waals surface area contributed by atoms with Crippen LogP contribution in [0, 0.1) is 23.0 Å². The lowest BCUT2D eigenvalue weighted by Gasteiger charge is -2.25.